The van der Waals surface area contributed by atoms with Gasteiger partial charge in [0.15, 0.2) is 0 Å². The van der Waals surface area contributed by atoms with E-state index in [0.29, 0.717) is 18.4 Å². The molecule has 0 amide bonds. The van der Waals surface area contributed by atoms with E-state index in [1.807, 2.05) is 19.1 Å². The van der Waals surface area contributed by atoms with Crippen molar-refractivity contribution >= 4 is 0 Å². The van der Waals surface area contributed by atoms with Gasteiger partial charge in [0.2, 0.25) is 0 Å². The van der Waals surface area contributed by atoms with E-state index in [1.165, 1.54) is 5.70 Å². The fraction of sp³-hybridized carbons (Fsp3) is 0.760. The van der Waals surface area contributed by atoms with Gasteiger partial charge in [0.25, 0.3) is 0 Å². The number of allylic oxidation sites excluding steroid dienone is 4. The molecule has 2 saturated heterocycles. The van der Waals surface area contributed by atoms with Crippen LogP contribution in [0.3, 0.4) is 0 Å². The number of ether oxygens (including phenoxy) is 2. The Balaban J connectivity index is 1.91. The van der Waals surface area contributed by atoms with Crippen LogP contribution < -0.4 is 5.32 Å². The van der Waals surface area contributed by atoms with Gasteiger partial charge in [-0.15, -0.1) is 0 Å². The summed E-state index contributed by atoms with van der Waals surface area (Å²) in [7, 11) is 0. The molecule has 5 heteroatoms. The van der Waals surface area contributed by atoms with Crippen LogP contribution in [0, 0.1) is 11.8 Å². The van der Waals surface area contributed by atoms with Gasteiger partial charge in [-0.2, -0.15) is 0 Å². The smallest absolute Gasteiger partial charge is 0.102 e. The Morgan fingerprint density at radius 1 is 1.17 bits per heavy atom. The Morgan fingerprint density at radius 2 is 1.90 bits per heavy atom. The van der Waals surface area contributed by atoms with Crippen LogP contribution in [0.5, 0.6) is 0 Å². The van der Waals surface area contributed by atoms with E-state index < -0.39 is 6.10 Å². The second kappa shape index (κ2) is 12.0. The van der Waals surface area contributed by atoms with E-state index in [0.717, 1.165) is 24.8 Å². The molecule has 0 aromatic rings. The van der Waals surface area contributed by atoms with Gasteiger partial charge in [0.05, 0.1) is 30.5 Å². The van der Waals surface area contributed by atoms with Crippen LogP contribution in [-0.4, -0.2) is 53.4 Å². The normalized spacial score (nSPS) is 38.8. The molecule has 6 unspecified atom stereocenters. The average molecular weight is 422 g/mol. The van der Waals surface area contributed by atoms with Crippen molar-refractivity contribution < 1.29 is 19.7 Å². The highest BCUT2D eigenvalue weighted by Crippen LogP contribution is 2.29. The third kappa shape index (κ3) is 6.94. The van der Waals surface area contributed by atoms with Gasteiger partial charge in [-0.1, -0.05) is 43.7 Å². The highest BCUT2D eigenvalue weighted by atomic mass is 16.5. The fourth-order valence-corrected chi connectivity index (χ4v) is 4.41. The lowest BCUT2D eigenvalue weighted by atomic mass is 9.87. The Bertz CT molecular complexity index is 614. The first-order chi connectivity index (χ1) is 14.3. The zero-order valence-corrected chi connectivity index (χ0v) is 19.7. The van der Waals surface area contributed by atoms with Gasteiger partial charge >= 0.3 is 0 Å². The molecule has 2 fully saturated rings. The highest BCUT2D eigenvalue weighted by Gasteiger charge is 2.35. The van der Waals surface area contributed by atoms with Gasteiger partial charge in [0, 0.05) is 18.2 Å². The molecule has 30 heavy (non-hydrogen) atoms. The van der Waals surface area contributed by atoms with E-state index in [4.69, 9.17) is 9.47 Å². The summed E-state index contributed by atoms with van der Waals surface area (Å²) in [6.07, 6.45) is 11.3. The molecule has 0 bridgehead atoms. The monoisotopic (exact) mass is 421 g/mol. The van der Waals surface area contributed by atoms with Crippen LogP contribution in [0.1, 0.15) is 67.2 Å². The molecule has 0 radical (unpaired) electrons. The first-order valence-corrected chi connectivity index (χ1v) is 11.6. The third-order valence-corrected chi connectivity index (χ3v) is 6.71. The lowest BCUT2D eigenvalue weighted by molar-refractivity contribution is -0.133. The molecular weight excluding hydrogens is 378 g/mol. The Hall–Kier alpha value is -1.14. The van der Waals surface area contributed by atoms with Crippen molar-refractivity contribution in [2.45, 2.75) is 104 Å². The van der Waals surface area contributed by atoms with Gasteiger partial charge in [-0.05, 0) is 59.3 Å². The molecule has 0 aliphatic carbocycles. The Kier molecular flexibility index (Phi) is 10.1. The Labute approximate surface area is 183 Å². The van der Waals surface area contributed by atoms with E-state index in [9.17, 15) is 10.2 Å². The summed E-state index contributed by atoms with van der Waals surface area (Å²) >= 11 is 0. The molecule has 172 valence electrons. The van der Waals surface area contributed by atoms with Crippen molar-refractivity contribution in [1.29, 1.82) is 0 Å². The summed E-state index contributed by atoms with van der Waals surface area (Å²) in [5, 5.41) is 23.6. The molecule has 0 saturated carbocycles. The van der Waals surface area contributed by atoms with E-state index in [2.05, 4.69) is 52.1 Å². The molecule has 2 heterocycles. The minimum Gasteiger partial charge on any atom is -0.396 e. The summed E-state index contributed by atoms with van der Waals surface area (Å²) in [5.41, 5.74) is 2.33. The van der Waals surface area contributed by atoms with Crippen LogP contribution in [-0.2, 0) is 9.47 Å². The minimum absolute atomic E-state index is 0.00129. The number of rotatable bonds is 8. The summed E-state index contributed by atoms with van der Waals surface area (Å²) < 4.78 is 12.3. The van der Waals surface area contributed by atoms with Gasteiger partial charge < -0.3 is 25.0 Å². The standard InChI is InChI=1S/C25H43NO4/c1-7-18(5)26-22-13-17(4)23(29-19(22)6)11-9-16(3)10-12-24-25(28)20(15-27)14-21(8-2)30-24/h7,9-10,12,17,19-28H,8,11,13-15H2,1-6H3/b12-10+,16-9+,18-7-/t17?,19?,20?,21-,22?,23?,24?,25+/m1/s1. The summed E-state index contributed by atoms with van der Waals surface area (Å²) in [4.78, 5) is 0. The van der Waals surface area contributed by atoms with Crippen LogP contribution >= 0.6 is 0 Å². The van der Waals surface area contributed by atoms with Crippen molar-refractivity contribution in [2.24, 2.45) is 11.8 Å². The van der Waals surface area contributed by atoms with Gasteiger partial charge in [-0.25, -0.2) is 0 Å². The fourth-order valence-electron chi connectivity index (χ4n) is 4.41. The number of aliphatic hydroxyl groups is 2. The molecule has 3 N–H and O–H groups in total. The molecule has 0 aromatic carbocycles. The quantitative estimate of drug-likeness (QED) is 0.515. The lowest BCUT2D eigenvalue weighted by Crippen LogP contribution is -2.48. The van der Waals surface area contributed by atoms with Crippen LogP contribution in [0.2, 0.25) is 0 Å². The van der Waals surface area contributed by atoms with Crippen LogP contribution in [0.4, 0.5) is 0 Å². The zero-order chi connectivity index (χ0) is 22.3. The molecule has 8 atom stereocenters. The molecule has 0 spiro atoms. The van der Waals surface area contributed by atoms with Crippen LogP contribution in [0.25, 0.3) is 0 Å². The molecule has 2 aliphatic rings. The number of hydrogen-bond acceptors (Lipinski definition) is 5. The Morgan fingerprint density at radius 3 is 2.53 bits per heavy atom. The maximum Gasteiger partial charge on any atom is 0.102 e. The molecule has 0 aromatic heterocycles. The average Bonchev–Trinajstić information content (AvgIpc) is 2.74. The van der Waals surface area contributed by atoms with Crippen molar-refractivity contribution in [3.05, 3.63) is 35.6 Å². The predicted molar refractivity (Wildman–Crippen MR) is 122 cm³/mol. The van der Waals surface area contributed by atoms with Crippen molar-refractivity contribution in [2.75, 3.05) is 6.61 Å². The second-order valence-electron chi connectivity index (χ2n) is 9.16. The van der Waals surface area contributed by atoms with Gasteiger partial charge in [-0.3, -0.25) is 0 Å². The number of nitrogens with one attached hydrogen (secondary N) is 1. The van der Waals surface area contributed by atoms with E-state index in [-0.39, 0.29) is 36.9 Å². The second-order valence-corrected chi connectivity index (χ2v) is 9.16. The van der Waals surface area contributed by atoms with Gasteiger partial charge in [0.1, 0.15) is 6.10 Å². The minimum atomic E-state index is -0.658. The molecule has 2 rings (SSSR count). The van der Waals surface area contributed by atoms with Crippen LogP contribution in [0.15, 0.2) is 35.6 Å². The third-order valence-electron chi connectivity index (χ3n) is 6.71. The first-order valence-electron chi connectivity index (χ1n) is 11.6. The maximum atomic E-state index is 10.5. The molecular formula is C25H43NO4. The largest absolute Gasteiger partial charge is 0.396 e. The first kappa shape index (κ1) is 25.1. The summed E-state index contributed by atoms with van der Waals surface area (Å²) in [5.74, 6) is 0.365. The number of hydrogen-bond donors (Lipinski definition) is 3. The number of aliphatic hydroxyl groups excluding tert-OH is 2. The predicted octanol–water partition coefficient (Wildman–Crippen LogP) is 4.11. The van der Waals surface area contributed by atoms with E-state index >= 15 is 0 Å². The summed E-state index contributed by atoms with van der Waals surface area (Å²) in [6, 6.07) is 0.355. The SMILES string of the molecule is C/C=C(/C)NC1CC(C)C(C/C=C(C)/C=C/C2O[C@H](CC)CC(CO)[C@@H]2O)OC1C. The zero-order valence-electron chi connectivity index (χ0n) is 19.7. The van der Waals surface area contributed by atoms with E-state index in [1.54, 1.807) is 0 Å². The maximum absolute atomic E-state index is 10.5. The topological polar surface area (TPSA) is 71.0 Å². The molecule has 5 nitrogen and oxygen atoms in total. The van der Waals surface area contributed by atoms with Crippen molar-refractivity contribution in [3.63, 3.8) is 0 Å². The van der Waals surface area contributed by atoms with Crippen molar-refractivity contribution in [1.82, 2.24) is 5.32 Å². The van der Waals surface area contributed by atoms with Crippen molar-refractivity contribution in [3.8, 4) is 0 Å². The molecule has 2 aliphatic heterocycles. The lowest BCUT2D eigenvalue weighted by Gasteiger charge is -2.39. The summed E-state index contributed by atoms with van der Waals surface area (Å²) in [6.45, 7) is 12.7. The highest BCUT2D eigenvalue weighted by molar-refractivity contribution is 5.18.